The number of nitrogens with zero attached hydrogens (tertiary/aromatic N) is 2. The zero-order chi connectivity index (χ0) is 15.4. The van der Waals surface area contributed by atoms with Gasteiger partial charge in [-0.25, -0.2) is 4.39 Å². The molecule has 0 unspecified atom stereocenters. The van der Waals surface area contributed by atoms with E-state index in [9.17, 15) is 19.3 Å². The highest BCUT2D eigenvalue weighted by Crippen LogP contribution is 2.17. The van der Waals surface area contributed by atoms with Crippen molar-refractivity contribution in [3.8, 4) is 6.07 Å². The Balaban J connectivity index is 2.28. The van der Waals surface area contributed by atoms with Crippen LogP contribution in [0.5, 0.6) is 0 Å². The second-order valence-corrected chi connectivity index (χ2v) is 4.32. The highest BCUT2D eigenvalue weighted by atomic mass is 19.1. The van der Waals surface area contributed by atoms with Crippen molar-refractivity contribution in [2.75, 3.05) is 0 Å². The molecule has 0 heterocycles. The summed E-state index contributed by atoms with van der Waals surface area (Å²) in [5.74, 6) is -0.931. The summed E-state index contributed by atoms with van der Waals surface area (Å²) in [5.41, 5.74) is 0.460. The topological polar surface area (TPSA) is 84.0 Å². The average Bonchev–Trinajstić information content (AvgIpc) is 2.49. The van der Waals surface area contributed by atoms with Crippen LogP contribution in [-0.4, -0.2) is 10.7 Å². The third kappa shape index (κ3) is 3.28. The second-order valence-electron chi connectivity index (χ2n) is 4.32. The fraction of sp³-hybridized carbons (Fsp3) is 0.0667. The molecule has 0 aliphatic rings. The SMILES string of the molecule is N#Cc1cc(F)ccc1CC(=O)c1cccc([N+](=O)[O-])c1. The number of nitro benzene ring substituents is 1. The number of rotatable bonds is 4. The number of ketones is 1. The van der Waals surface area contributed by atoms with Crippen LogP contribution in [0.3, 0.4) is 0 Å². The highest BCUT2D eigenvalue weighted by molar-refractivity contribution is 5.98. The molecule has 2 aromatic carbocycles. The minimum atomic E-state index is -0.588. The quantitative estimate of drug-likeness (QED) is 0.490. The van der Waals surface area contributed by atoms with Gasteiger partial charge in [0.05, 0.1) is 16.6 Å². The molecule has 2 rings (SSSR count). The van der Waals surface area contributed by atoms with E-state index < -0.39 is 10.7 Å². The molecule has 5 nitrogen and oxygen atoms in total. The number of nitriles is 1. The van der Waals surface area contributed by atoms with E-state index in [0.29, 0.717) is 5.56 Å². The van der Waals surface area contributed by atoms with Crippen molar-refractivity contribution in [3.05, 3.63) is 75.1 Å². The molecular weight excluding hydrogens is 275 g/mol. The third-order valence-corrected chi connectivity index (χ3v) is 2.92. The van der Waals surface area contributed by atoms with Crippen LogP contribution < -0.4 is 0 Å². The van der Waals surface area contributed by atoms with Gasteiger partial charge in [-0.05, 0) is 17.7 Å². The third-order valence-electron chi connectivity index (χ3n) is 2.92. The second kappa shape index (κ2) is 5.92. The molecule has 0 radical (unpaired) electrons. The van der Waals surface area contributed by atoms with Crippen LogP contribution in [0.4, 0.5) is 10.1 Å². The largest absolute Gasteiger partial charge is 0.294 e. The summed E-state index contributed by atoms with van der Waals surface area (Å²) in [7, 11) is 0. The minimum Gasteiger partial charge on any atom is -0.294 e. The van der Waals surface area contributed by atoms with Crippen molar-refractivity contribution in [1.82, 2.24) is 0 Å². The van der Waals surface area contributed by atoms with Crippen LogP contribution in [0.2, 0.25) is 0 Å². The normalized spacial score (nSPS) is 9.90. The molecule has 0 saturated heterocycles. The van der Waals surface area contributed by atoms with Gasteiger partial charge in [0, 0.05) is 24.1 Å². The number of Topliss-reactive ketones (excluding diaryl/α,β-unsaturated/α-hetero) is 1. The van der Waals surface area contributed by atoms with Crippen molar-refractivity contribution < 1.29 is 14.1 Å². The van der Waals surface area contributed by atoms with Crippen LogP contribution in [0.15, 0.2) is 42.5 Å². The van der Waals surface area contributed by atoms with Gasteiger partial charge in [-0.3, -0.25) is 14.9 Å². The van der Waals surface area contributed by atoms with Gasteiger partial charge in [0.1, 0.15) is 5.82 Å². The van der Waals surface area contributed by atoms with Crippen molar-refractivity contribution in [2.45, 2.75) is 6.42 Å². The number of nitro groups is 1. The lowest BCUT2D eigenvalue weighted by atomic mass is 9.99. The van der Waals surface area contributed by atoms with E-state index in [4.69, 9.17) is 5.26 Å². The average molecular weight is 284 g/mol. The first kappa shape index (κ1) is 14.3. The van der Waals surface area contributed by atoms with E-state index in [1.54, 1.807) is 0 Å². The van der Waals surface area contributed by atoms with Gasteiger partial charge in [0.2, 0.25) is 0 Å². The first-order chi connectivity index (χ1) is 10.0. The fourth-order valence-electron chi connectivity index (χ4n) is 1.87. The number of carbonyl (C=O) groups excluding carboxylic acids is 1. The number of non-ortho nitro benzene ring substituents is 1. The molecule has 0 saturated carbocycles. The molecular formula is C15H9FN2O3. The lowest BCUT2D eigenvalue weighted by Crippen LogP contribution is -2.06. The minimum absolute atomic E-state index is 0.0776. The monoisotopic (exact) mass is 284 g/mol. The molecule has 104 valence electrons. The first-order valence-electron chi connectivity index (χ1n) is 5.97. The lowest BCUT2D eigenvalue weighted by Gasteiger charge is -2.04. The first-order valence-corrected chi connectivity index (χ1v) is 5.97. The summed E-state index contributed by atoms with van der Waals surface area (Å²) < 4.78 is 13.0. The molecule has 0 bridgehead atoms. The van der Waals surface area contributed by atoms with Crippen molar-refractivity contribution in [1.29, 1.82) is 5.26 Å². The van der Waals surface area contributed by atoms with Gasteiger partial charge in [0.15, 0.2) is 5.78 Å². The maximum Gasteiger partial charge on any atom is 0.270 e. The molecule has 0 fully saturated rings. The molecule has 0 amide bonds. The Bertz CT molecular complexity index is 766. The van der Waals surface area contributed by atoms with Gasteiger partial charge >= 0.3 is 0 Å². The number of halogens is 1. The zero-order valence-corrected chi connectivity index (χ0v) is 10.7. The predicted octanol–water partition coefficient (Wildman–Crippen LogP) is 3.03. The van der Waals surface area contributed by atoms with E-state index in [0.717, 1.165) is 12.1 Å². The molecule has 2 aromatic rings. The van der Waals surface area contributed by atoms with Crippen LogP contribution >= 0.6 is 0 Å². The summed E-state index contributed by atoms with van der Waals surface area (Å²) in [6.45, 7) is 0. The van der Waals surface area contributed by atoms with Gasteiger partial charge in [0.25, 0.3) is 5.69 Å². The maximum absolute atomic E-state index is 13.0. The number of hydrogen-bond acceptors (Lipinski definition) is 4. The summed E-state index contributed by atoms with van der Waals surface area (Å²) in [5, 5.41) is 19.6. The van der Waals surface area contributed by atoms with Crippen molar-refractivity contribution >= 4 is 11.5 Å². The molecule has 0 N–H and O–H groups in total. The Hall–Kier alpha value is -3.07. The number of benzene rings is 2. The van der Waals surface area contributed by atoms with Gasteiger partial charge < -0.3 is 0 Å². The predicted molar refractivity (Wildman–Crippen MR) is 72.2 cm³/mol. The van der Waals surface area contributed by atoms with E-state index in [-0.39, 0.29) is 29.0 Å². The summed E-state index contributed by atoms with van der Waals surface area (Å²) >= 11 is 0. The Kier molecular flexibility index (Phi) is 4.05. The van der Waals surface area contributed by atoms with Gasteiger partial charge in [-0.15, -0.1) is 0 Å². The Morgan fingerprint density at radius 3 is 2.71 bits per heavy atom. The zero-order valence-electron chi connectivity index (χ0n) is 10.7. The summed E-state index contributed by atoms with van der Waals surface area (Å²) in [4.78, 5) is 22.2. The molecule has 0 aliphatic carbocycles. The molecule has 0 spiro atoms. The highest BCUT2D eigenvalue weighted by Gasteiger charge is 2.14. The van der Waals surface area contributed by atoms with Crippen LogP contribution in [-0.2, 0) is 6.42 Å². The summed E-state index contributed by atoms with van der Waals surface area (Å²) in [6, 6.07) is 10.7. The van der Waals surface area contributed by atoms with E-state index in [2.05, 4.69) is 0 Å². The summed E-state index contributed by atoms with van der Waals surface area (Å²) in [6.07, 6.45) is -0.121. The Labute approximate surface area is 119 Å². The number of hydrogen-bond donors (Lipinski definition) is 0. The van der Waals surface area contributed by atoms with Gasteiger partial charge in [-0.1, -0.05) is 18.2 Å². The van der Waals surface area contributed by atoms with Crippen LogP contribution in [0.1, 0.15) is 21.5 Å². The fourth-order valence-corrected chi connectivity index (χ4v) is 1.87. The van der Waals surface area contributed by atoms with Crippen molar-refractivity contribution in [2.24, 2.45) is 0 Å². The van der Waals surface area contributed by atoms with Crippen LogP contribution in [0.25, 0.3) is 0 Å². The molecule has 0 aliphatic heterocycles. The lowest BCUT2D eigenvalue weighted by molar-refractivity contribution is -0.384. The molecule has 6 heteroatoms. The molecule has 21 heavy (non-hydrogen) atoms. The molecule has 0 atom stereocenters. The smallest absolute Gasteiger partial charge is 0.270 e. The van der Waals surface area contributed by atoms with E-state index in [1.165, 1.54) is 30.3 Å². The van der Waals surface area contributed by atoms with Crippen LogP contribution in [0, 0.1) is 27.3 Å². The number of carbonyl (C=O) groups is 1. The Morgan fingerprint density at radius 2 is 2.05 bits per heavy atom. The van der Waals surface area contributed by atoms with Crippen molar-refractivity contribution in [3.63, 3.8) is 0 Å². The maximum atomic E-state index is 13.0. The molecule has 0 aromatic heterocycles. The standard InChI is InChI=1S/C15H9FN2O3/c16-13-5-4-10(12(6-13)9-17)8-15(19)11-2-1-3-14(7-11)18(20)21/h1-7H,8H2. The van der Waals surface area contributed by atoms with E-state index >= 15 is 0 Å². The Morgan fingerprint density at radius 1 is 1.29 bits per heavy atom. The van der Waals surface area contributed by atoms with Gasteiger partial charge in [-0.2, -0.15) is 5.26 Å². The van der Waals surface area contributed by atoms with E-state index in [1.807, 2.05) is 6.07 Å².